The van der Waals surface area contributed by atoms with Gasteiger partial charge in [-0.1, -0.05) is 17.7 Å². The fourth-order valence-electron chi connectivity index (χ4n) is 2.74. The average Bonchev–Trinajstić information content (AvgIpc) is 2.38. The van der Waals surface area contributed by atoms with Crippen molar-refractivity contribution in [1.29, 1.82) is 0 Å². The number of rotatable bonds is 3. The van der Waals surface area contributed by atoms with E-state index in [0.717, 1.165) is 31.1 Å². The highest BCUT2D eigenvalue weighted by Gasteiger charge is 2.26. The molecule has 3 heteroatoms. The van der Waals surface area contributed by atoms with E-state index in [2.05, 4.69) is 31.3 Å². The molecule has 1 aliphatic rings. The monoisotopic (exact) mass is 267 g/mol. The molecule has 0 radical (unpaired) electrons. The molecule has 1 fully saturated rings. The van der Waals surface area contributed by atoms with Crippen LogP contribution in [0.1, 0.15) is 35.6 Å². The standard InChI is InChI=1S/C15H22ClNO/c1-10-8-13(14(16)9-11(10)2)15(17-3)12-4-6-18-7-5-12/h8-9,12,15,17H,4-7H2,1-3H3. The molecule has 18 heavy (non-hydrogen) atoms. The lowest BCUT2D eigenvalue weighted by molar-refractivity contribution is 0.0546. The number of nitrogens with one attached hydrogen (secondary N) is 1. The lowest BCUT2D eigenvalue weighted by Gasteiger charge is -2.31. The van der Waals surface area contributed by atoms with Crippen molar-refractivity contribution in [3.63, 3.8) is 0 Å². The first kappa shape index (κ1) is 13.9. The van der Waals surface area contributed by atoms with E-state index in [4.69, 9.17) is 16.3 Å². The fourth-order valence-corrected chi connectivity index (χ4v) is 3.07. The van der Waals surface area contributed by atoms with Crippen molar-refractivity contribution in [2.24, 2.45) is 5.92 Å². The SMILES string of the molecule is CNC(c1cc(C)c(C)cc1Cl)C1CCOCC1. The van der Waals surface area contributed by atoms with Gasteiger partial charge in [0.2, 0.25) is 0 Å². The maximum absolute atomic E-state index is 6.42. The van der Waals surface area contributed by atoms with Crippen LogP contribution in [0, 0.1) is 19.8 Å². The molecule has 1 unspecified atom stereocenters. The highest BCUT2D eigenvalue weighted by Crippen LogP contribution is 2.34. The van der Waals surface area contributed by atoms with Gasteiger partial charge in [-0.25, -0.2) is 0 Å². The Morgan fingerprint density at radius 1 is 1.22 bits per heavy atom. The Bertz CT molecular complexity index is 413. The van der Waals surface area contributed by atoms with Crippen molar-refractivity contribution in [2.75, 3.05) is 20.3 Å². The molecule has 0 bridgehead atoms. The van der Waals surface area contributed by atoms with Crippen LogP contribution in [0.4, 0.5) is 0 Å². The van der Waals surface area contributed by atoms with E-state index in [9.17, 15) is 0 Å². The maximum atomic E-state index is 6.42. The quantitative estimate of drug-likeness (QED) is 0.903. The van der Waals surface area contributed by atoms with Gasteiger partial charge in [0.1, 0.15) is 0 Å². The minimum Gasteiger partial charge on any atom is -0.381 e. The molecule has 0 amide bonds. The summed E-state index contributed by atoms with van der Waals surface area (Å²) in [5.74, 6) is 0.614. The van der Waals surface area contributed by atoms with Crippen LogP contribution >= 0.6 is 11.6 Å². The van der Waals surface area contributed by atoms with Gasteiger partial charge in [-0.3, -0.25) is 0 Å². The van der Waals surface area contributed by atoms with Crippen molar-refractivity contribution in [3.05, 3.63) is 33.8 Å². The molecule has 0 aliphatic carbocycles. The molecule has 0 aromatic heterocycles. The Morgan fingerprint density at radius 3 is 2.44 bits per heavy atom. The zero-order valence-corrected chi connectivity index (χ0v) is 12.2. The zero-order valence-electron chi connectivity index (χ0n) is 11.4. The summed E-state index contributed by atoms with van der Waals surface area (Å²) in [6, 6.07) is 4.64. The molecule has 2 nitrogen and oxygen atoms in total. The summed E-state index contributed by atoms with van der Waals surface area (Å²) in [4.78, 5) is 0. The molecule has 1 heterocycles. The molecule has 0 spiro atoms. The van der Waals surface area contributed by atoms with Gasteiger partial charge >= 0.3 is 0 Å². The summed E-state index contributed by atoms with van der Waals surface area (Å²) in [6.45, 7) is 5.98. The first-order valence-corrected chi connectivity index (χ1v) is 7.03. The Kier molecular flexibility index (Phi) is 4.66. The molecule has 1 aromatic rings. The van der Waals surface area contributed by atoms with E-state index in [-0.39, 0.29) is 0 Å². The normalized spacial score (nSPS) is 18.9. The Morgan fingerprint density at radius 2 is 1.83 bits per heavy atom. The number of ether oxygens (including phenoxy) is 1. The van der Waals surface area contributed by atoms with E-state index in [1.54, 1.807) is 0 Å². The Balaban J connectivity index is 2.28. The largest absolute Gasteiger partial charge is 0.381 e. The summed E-state index contributed by atoms with van der Waals surface area (Å²) >= 11 is 6.42. The van der Waals surface area contributed by atoms with E-state index in [0.29, 0.717) is 12.0 Å². The lowest BCUT2D eigenvalue weighted by atomic mass is 9.86. The van der Waals surface area contributed by atoms with Crippen molar-refractivity contribution in [3.8, 4) is 0 Å². The molecule has 2 rings (SSSR count). The summed E-state index contributed by atoms with van der Waals surface area (Å²) in [7, 11) is 2.02. The van der Waals surface area contributed by atoms with Crippen LogP contribution in [0.2, 0.25) is 5.02 Å². The van der Waals surface area contributed by atoms with Crippen LogP contribution in [0.3, 0.4) is 0 Å². The molecule has 1 saturated heterocycles. The van der Waals surface area contributed by atoms with Crippen LogP contribution in [0.15, 0.2) is 12.1 Å². The Hall–Kier alpha value is -0.570. The minimum absolute atomic E-state index is 0.334. The van der Waals surface area contributed by atoms with Crippen LogP contribution < -0.4 is 5.32 Å². The number of benzene rings is 1. The molecular formula is C15H22ClNO. The van der Waals surface area contributed by atoms with Crippen LogP contribution in [-0.2, 0) is 4.74 Å². The molecular weight excluding hydrogens is 246 g/mol. The smallest absolute Gasteiger partial charge is 0.0469 e. The van der Waals surface area contributed by atoms with Gasteiger partial charge < -0.3 is 10.1 Å². The average molecular weight is 268 g/mol. The van der Waals surface area contributed by atoms with Crippen molar-refractivity contribution in [1.82, 2.24) is 5.32 Å². The second-order valence-corrected chi connectivity index (χ2v) is 5.58. The van der Waals surface area contributed by atoms with Crippen LogP contribution in [0.5, 0.6) is 0 Å². The lowest BCUT2D eigenvalue weighted by Crippen LogP contribution is -2.30. The van der Waals surface area contributed by atoms with Gasteiger partial charge in [-0.15, -0.1) is 0 Å². The molecule has 1 atom stereocenters. The minimum atomic E-state index is 0.334. The third kappa shape index (κ3) is 2.87. The second kappa shape index (κ2) is 6.05. The topological polar surface area (TPSA) is 21.3 Å². The summed E-state index contributed by atoms with van der Waals surface area (Å²) in [5, 5.41) is 4.31. The summed E-state index contributed by atoms with van der Waals surface area (Å²) in [6.07, 6.45) is 2.21. The summed E-state index contributed by atoms with van der Waals surface area (Å²) < 4.78 is 5.44. The van der Waals surface area contributed by atoms with Crippen LogP contribution in [0.25, 0.3) is 0 Å². The van der Waals surface area contributed by atoms with Gasteiger partial charge in [0.05, 0.1) is 0 Å². The molecule has 100 valence electrons. The van der Waals surface area contributed by atoms with Crippen molar-refractivity contribution < 1.29 is 4.74 Å². The molecule has 1 aliphatic heterocycles. The number of aryl methyl sites for hydroxylation is 2. The number of hydrogen-bond acceptors (Lipinski definition) is 2. The second-order valence-electron chi connectivity index (χ2n) is 5.17. The summed E-state index contributed by atoms with van der Waals surface area (Å²) in [5.41, 5.74) is 3.79. The number of halogens is 1. The predicted molar refractivity (Wildman–Crippen MR) is 76.3 cm³/mol. The highest BCUT2D eigenvalue weighted by molar-refractivity contribution is 6.31. The van der Waals surface area contributed by atoms with E-state index < -0.39 is 0 Å². The first-order chi connectivity index (χ1) is 8.63. The van der Waals surface area contributed by atoms with Gasteiger partial charge in [0.25, 0.3) is 0 Å². The van der Waals surface area contributed by atoms with Crippen molar-refractivity contribution >= 4 is 11.6 Å². The predicted octanol–water partition coefficient (Wildman–Crippen LogP) is 3.64. The number of hydrogen-bond donors (Lipinski definition) is 1. The third-order valence-electron chi connectivity index (χ3n) is 4.00. The fraction of sp³-hybridized carbons (Fsp3) is 0.600. The van der Waals surface area contributed by atoms with Crippen molar-refractivity contribution in [2.45, 2.75) is 32.7 Å². The zero-order chi connectivity index (χ0) is 13.1. The first-order valence-electron chi connectivity index (χ1n) is 6.65. The van der Waals surface area contributed by atoms with E-state index in [1.807, 2.05) is 7.05 Å². The Labute approximate surface area is 115 Å². The molecule has 0 saturated carbocycles. The maximum Gasteiger partial charge on any atom is 0.0469 e. The highest BCUT2D eigenvalue weighted by atomic mass is 35.5. The van der Waals surface area contributed by atoms with E-state index >= 15 is 0 Å². The van der Waals surface area contributed by atoms with Gasteiger partial charge in [0.15, 0.2) is 0 Å². The van der Waals surface area contributed by atoms with Gasteiger partial charge in [-0.2, -0.15) is 0 Å². The molecule has 1 aromatic carbocycles. The van der Waals surface area contributed by atoms with Crippen LogP contribution in [-0.4, -0.2) is 20.3 Å². The third-order valence-corrected chi connectivity index (χ3v) is 4.32. The van der Waals surface area contributed by atoms with Gasteiger partial charge in [0, 0.05) is 24.3 Å². The van der Waals surface area contributed by atoms with E-state index in [1.165, 1.54) is 16.7 Å². The van der Waals surface area contributed by atoms with Gasteiger partial charge in [-0.05, 0) is 62.4 Å². The molecule has 1 N–H and O–H groups in total.